The maximum Gasteiger partial charge on any atom is 0.212 e. The molecule has 4 nitrogen and oxygen atoms in total. The Morgan fingerprint density at radius 2 is 2.06 bits per heavy atom. The minimum absolute atomic E-state index is 0.573. The summed E-state index contributed by atoms with van der Waals surface area (Å²) in [5, 5.41) is 0. The Balaban J connectivity index is 2.01. The van der Waals surface area contributed by atoms with Crippen LogP contribution in [0.15, 0.2) is 42.7 Å². The minimum atomic E-state index is 0.573. The van der Waals surface area contributed by atoms with Crippen molar-refractivity contribution in [2.24, 2.45) is 0 Å². The van der Waals surface area contributed by atoms with E-state index in [1.165, 1.54) is 0 Å². The van der Waals surface area contributed by atoms with Crippen molar-refractivity contribution in [1.29, 1.82) is 0 Å². The number of nitrogens with one attached hydrogen (secondary N) is 1. The van der Waals surface area contributed by atoms with E-state index in [1.54, 1.807) is 7.11 Å². The molecule has 17 heavy (non-hydrogen) atoms. The molecule has 2 aromatic heterocycles. The zero-order valence-electron chi connectivity index (χ0n) is 9.55. The number of nitrogens with zero attached hydrogens (tertiary/aromatic N) is 2. The van der Waals surface area contributed by atoms with Crippen LogP contribution < -0.4 is 0 Å². The molecule has 3 aromatic rings. The highest BCUT2D eigenvalue weighted by Gasteiger charge is 2.06. The van der Waals surface area contributed by atoms with Crippen LogP contribution in [0.25, 0.3) is 17.0 Å². The summed E-state index contributed by atoms with van der Waals surface area (Å²) in [6.45, 7) is 0.573. The number of rotatable bonds is 3. The van der Waals surface area contributed by atoms with Crippen LogP contribution in [0.4, 0.5) is 0 Å². The number of imidazole rings is 2. The Morgan fingerprint density at radius 3 is 2.76 bits per heavy atom. The number of H-pyrrole nitrogens is 1. The first-order valence-corrected chi connectivity index (χ1v) is 5.48. The zero-order chi connectivity index (χ0) is 11.7. The average molecular weight is 227 g/mol. The van der Waals surface area contributed by atoms with Crippen molar-refractivity contribution in [3.63, 3.8) is 0 Å². The Labute approximate surface area is 98.9 Å². The van der Waals surface area contributed by atoms with Gasteiger partial charge in [-0.3, -0.25) is 4.40 Å². The molecule has 0 spiro atoms. The first-order valence-electron chi connectivity index (χ1n) is 5.48. The number of fused-ring (bicyclic) bond motifs is 1. The maximum atomic E-state index is 5.07. The molecule has 0 saturated carbocycles. The molecular formula is C13H13N3O. The highest BCUT2D eigenvalue weighted by molar-refractivity contribution is 5.61. The van der Waals surface area contributed by atoms with Crippen LogP contribution in [-0.4, -0.2) is 21.5 Å². The van der Waals surface area contributed by atoms with Gasteiger partial charge in [-0.2, -0.15) is 0 Å². The molecular weight excluding hydrogens is 214 g/mol. The van der Waals surface area contributed by atoms with Crippen molar-refractivity contribution in [3.05, 3.63) is 48.4 Å². The summed E-state index contributed by atoms with van der Waals surface area (Å²) in [4.78, 5) is 7.75. The normalized spacial score (nSPS) is 11.1. The Hall–Kier alpha value is -2.07. The van der Waals surface area contributed by atoms with Crippen molar-refractivity contribution in [2.75, 3.05) is 7.11 Å². The predicted octanol–water partition coefficient (Wildman–Crippen LogP) is 2.48. The zero-order valence-corrected chi connectivity index (χ0v) is 9.55. The predicted molar refractivity (Wildman–Crippen MR) is 65.7 cm³/mol. The van der Waals surface area contributed by atoms with Gasteiger partial charge in [0.05, 0.1) is 18.0 Å². The number of hydrogen-bond acceptors (Lipinski definition) is 2. The molecule has 0 aliphatic rings. The third kappa shape index (κ3) is 1.83. The van der Waals surface area contributed by atoms with E-state index in [-0.39, 0.29) is 0 Å². The van der Waals surface area contributed by atoms with Crippen molar-refractivity contribution in [2.45, 2.75) is 6.61 Å². The van der Waals surface area contributed by atoms with Gasteiger partial charge in [-0.15, -0.1) is 0 Å². The van der Waals surface area contributed by atoms with Gasteiger partial charge in [-0.05, 0) is 0 Å². The van der Waals surface area contributed by atoms with Crippen LogP contribution in [0, 0.1) is 0 Å². The van der Waals surface area contributed by atoms with Gasteiger partial charge in [0.2, 0.25) is 5.78 Å². The van der Waals surface area contributed by atoms with E-state index in [9.17, 15) is 0 Å². The Kier molecular flexibility index (Phi) is 2.42. The molecule has 86 valence electrons. The van der Waals surface area contributed by atoms with E-state index in [0.29, 0.717) is 6.61 Å². The molecule has 0 atom stereocenters. The average Bonchev–Trinajstić information content (AvgIpc) is 2.88. The van der Waals surface area contributed by atoms with Crippen LogP contribution in [0.2, 0.25) is 0 Å². The number of benzene rings is 1. The fourth-order valence-corrected chi connectivity index (χ4v) is 1.91. The SMILES string of the molecule is COCc1cn2cc(-c3ccccc3)nc2[nH]1. The highest BCUT2D eigenvalue weighted by atomic mass is 16.5. The molecule has 4 heteroatoms. The van der Waals surface area contributed by atoms with Crippen LogP contribution in [0.5, 0.6) is 0 Å². The summed E-state index contributed by atoms with van der Waals surface area (Å²) in [7, 11) is 1.68. The Bertz CT molecular complexity index is 593. The lowest BCUT2D eigenvalue weighted by molar-refractivity contribution is 0.182. The highest BCUT2D eigenvalue weighted by Crippen LogP contribution is 2.18. The van der Waals surface area contributed by atoms with E-state index in [2.05, 4.69) is 22.1 Å². The van der Waals surface area contributed by atoms with E-state index in [0.717, 1.165) is 22.7 Å². The lowest BCUT2D eigenvalue weighted by Gasteiger charge is -1.94. The number of hydrogen-bond donors (Lipinski definition) is 1. The van der Waals surface area contributed by atoms with Crippen molar-refractivity contribution in [3.8, 4) is 11.3 Å². The van der Waals surface area contributed by atoms with Gasteiger partial charge in [0, 0.05) is 25.1 Å². The molecule has 0 unspecified atom stereocenters. The molecule has 0 amide bonds. The van der Waals surface area contributed by atoms with Crippen LogP contribution in [0.1, 0.15) is 5.69 Å². The summed E-state index contributed by atoms with van der Waals surface area (Å²) in [5.74, 6) is 0.843. The number of aromatic nitrogens is 3. The van der Waals surface area contributed by atoms with Crippen molar-refractivity contribution >= 4 is 5.78 Å². The smallest absolute Gasteiger partial charge is 0.212 e. The molecule has 0 bridgehead atoms. The fraction of sp³-hybridized carbons (Fsp3) is 0.154. The molecule has 0 aliphatic carbocycles. The van der Waals surface area contributed by atoms with Gasteiger partial charge in [0.25, 0.3) is 0 Å². The summed E-state index contributed by atoms with van der Waals surface area (Å²) >= 11 is 0. The van der Waals surface area contributed by atoms with Crippen molar-refractivity contribution in [1.82, 2.24) is 14.4 Å². The van der Waals surface area contributed by atoms with E-state index in [4.69, 9.17) is 4.74 Å². The maximum absolute atomic E-state index is 5.07. The first-order chi connectivity index (χ1) is 8.36. The summed E-state index contributed by atoms with van der Waals surface area (Å²) in [6, 6.07) is 10.1. The quantitative estimate of drug-likeness (QED) is 0.747. The molecule has 2 heterocycles. The van der Waals surface area contributed by atoms with Gasteiger partial charge in [-0.1, -0.05) is 30.3 Å². The largest absolute Gasteiger partial charge is 0.378 e. The topological polar surface area (TPSA) is 42.3 Å². The number of aromatic amines is 1. The van der Waals surface area contributed by atoms with E-state index >= 15 is 0 Å². The van der Waals surface area contributed by atoms with Crippen molar-refractivity contribution < 1.29 is 4.74 Å². The third-order valence-electron chi connectivity index (χ3n) is 2.67. The van der Waals surface area contributed by atoms with Crippen LogP contribution in [-0.2, 0) is 11.3 Å². The first kappa shape index (κ1) is 10.1. The lowest BCUT2D eigenvalue weighted by atomic mass is 10.2. The number of ether oxygens (including phenoxy) is 1. The third-order valence-corrected chi connectivity index (χ3v) is 2.67. The fourth-order valence-electron chi connectivity index (χ4n) is 1.91. The molecule has 0 saturated heterocycles. The van der Waals surface area contributed by atoms with Gasteiger partial charge >= 0.3 is 0 Å². The van der Waals surface area contributed by atoms with Gasteiger partial charge < -0.3 is 9.72 Å². The number of methoxy groups -OCH3 is 1. The second kappa shape index (κ2) is 4.07. The summed E-state index contributed by atoms with van der Waals surface area (Å²) in [5.41, 5.74) is 3.12. The molecule has 1 aromatic carbocycles. The molecule has 0 fully saturated rings. The Morgan fingerprint density at radius 1 is 1.24 bits per heavy atom. The van der Waals surface area contributed by atoms with E-state index < -0.39 is 0 Å². The van der Waals surface area contributed by atoms with Crippen LogP contribution >= 0.6 is 0 Å². The summed E-state index contributed by atoms with van der Waals surface area (Å²) < 4.78 is 7.05. The van der Waals surface area contributed by atoms with E-state index in [1.807, 2.05) is 35.0 Å². The molecule has 0 radical (unpaired) electrons. The van der Waals surface area contributed by atoms with Gasteiger partial charge in [0.1, 0.15) is 0 Å². The standard InChI is InChI=1S/C13H13N3O/c1-17-9-11-7-16-8-12(15-13(16)14-11)10-5-3-2-4-6-10/h2-8H,9H2,1H3,(H,14,15). The van der Waals surface area contributed by atoms with Crippen LogP contribution in [0.3, 0.4) is 0 Å². The minimum Gasteiger partial charge on any atom is -0.378 e. The molecule has 1 N–H and O–H groups in total. The van der Waals surface area contributed by atoms with Gasteiger partial charge in [-0.25, -0.2) is 4.98 Å². The molecule has 3 rings (SSSR count). The lowest BCUT2D eigenvalue weighted by Crippen LogP contribution is -1.86. The second-order valence-corrected chi connectivity index (χ2v) is 3.94. The second-order valence-electron chi connectivity index (χ2n) is 3.94. The van der Waals surface area contributed by atoms with Gasteiger partial charge in [0.15, 0.2) is 0 Å². The monoisotopic (exact) mass is 227 g/mol. The summed E-state index contributed by atoms with van der Waals surface area (Å²) in [6.07, 6.45) is 4.01. The molecule has 0 aliphatic heterocycles.